The number of amides is 1. The molecule has 0 unspecified atom stereocenters. The molecule has 0 radical (unpaired) electrons. The summed E-state index contributed by atoms with van der Waals surface area (Å²) >= 11 is 0. The van der Waals surface area contributed by atoms with Gasteiger partial charge in [0.1, 0.15) is 0 Å². The van der Waals surface area contributed by atoms with Crippen LogP contribution >= 0.6 is 0 Å². The Morgan fingerprint density at radius 2 is 1.44 bits per heavy atom. The van der Waals surface area contributed by atoms with Gasteiger partial charge in [-0.25, -0.2) is 0 Å². The Bertz CT molecular complexity index is 837. The first-order valence-electron chi connectivity index (χ1n) is 8.74. The van der Waals surface area contributed by atoms with Gasteiger partial charge < -0.3 is 5.32 Å². The van der Waals surface area contributed by atoms with Crippen molar-refractivity contribution in [3.63, 3.8) is 0 Å². The van der Waals surface area contributed by atoms with Crippen LogP contribution in [-0.4, -0.2) is 5.91 Å². The lowest BCUT2D eigenvalue weighted by molar-refractivity contribution is 0.102. The number of hydrogen-bond acceptors (Lipinski definition) is 1. The van der Waals surface area contributed by atoms with Gasteiger partial charge in [-0.15, -0.1) is 0 Å². The zero-order chi connectivity index (χ0) is 17.6. The van der Waals surface area contributed by atoms with Crippen molar-refractivity contribution in [3.8, 4) is 11.1 Å². The molecular weight excluding hydrogens is 306 g/mol. The normalized spacial score (nSPS) is 11.8. The average Bonchev–Trinajstić information content (AvgIpc) is 2.68. The van der Waals surface area contributed by atoms with Crippen LogP contribution in [0.15, 0.2) is 78.9 Å². The lowest BCUT2D eigenvalue weighted by atomic mass is 9.96. The van der Waals surface area contributed by atoms with Gasteiger partial charge in [0.25, 0.3) is 5.91 Å². The van der Waals surface area contributed by atoms with Gasteiger partial charge >= 0.3 is 0 Å². The summed E-state index contributed by atoms with van der Waals surface area (Å²) in [6.45, 7) is 4.34. The SMILES string of the molecule is CC[C@@H](C)c1ccccc1NC(=O)c1ccc(-c2ccccc2)cc1. The zero-order valence-electron chi connectivity index (χ0n) is 14.7. The highest BCUT2D eigenvalue weighted by atomic mass is 16.1. The highest BCUT2D eigenvalue weighted by molar-refractivity contribution is 6.04. The highest BCUT2D eigenvalue weighted by Gasteiger charge is 2.12. The molecule has 0 saturated carbocycles. The van der Waals surface area contributed by atoms with Crippen molar-refractivity contribution in [1.82, 2.24) is 0 Å². The summed E-state index contributed by atoms with van der Waals surface area (Å²) in [4.78, 5) is 12.6. The Kier molecular flexibility index (Phi) is 5.30. The maximum atomic E-state index is 12.6. The van der Waals surface area contributed by atoms with Crippen LogP contribution in [0.5, 0.6) is 0 Å². The lowest BCUT2D eigenvalue weighted by Crippen LogP contribution is -2.13. The molecule has 0 aliphatic heterocycles. The van der Waals surface area contributed by atoms with Crippen molar-refractivity contribution in [1.29, 1.82) is 0 Å². The number of carbonyl (C=O) groups excluding carboxylic acids is 1. The topological polar surface area (TPSA) is 29.1 Å². The van der Waals surface area contributed by atoms with Gasteiger partial charge in [-0.3, -0.25) is 4.79 Å². The Hall–Kier alpha value is -2.87. The first-order valence-corrected chi connectivity index (χ1v) is 8.74. The van der Waals surface area contributed by atoms with E-state index in [9.17, 15) is 4.79 Å². The number of para-hydroxylation sites is 1. The molecule has 3 aromatic carbocycles. The van der Waals surface area contributed by atoms with Crippen LogP contribution in [-0.2, 0) is 0 Å². The van der Waals surface area contributed by atoms with Crippen molar-refractivity contribution in [3.05, 3.63) is 90.0 Å². The lowest BCUT2D eigenvalue weighted by Gasteiger charge is -2.15. The third-order valence-corrected chi connectivity index (χ3v) is 4.61. The van der Waals surface area contributed by atoms with Gasteiger partial charge in [0.15, 0.2) is 0 Å². The third-order valence-electron chi connectivity index (χ3n) is 4.61. The second-order valence-corrected chi connectivity index (χ2v) is 6.29. The van der Waals surface area contributed by atoms with Crippen LogP contribution in [0.2, 0.25) is 0 Å². The summed E-state index contributed by atoms with van der Waals surface area (Å²) in [5, 5.41) is 3.06. The highest BCUT2D eigenvalue weighted by Crippen LogP contribution is 2.27. The monoisotopic (exact) mass is 329 g/mol. The summed E-state index contributed by atoms with van der Waals surface area (Å²) in [7, 11) is 0. The standard InChI is InChI=1S/C23H23NO/c1-3-17(2)21-11-7-8-12-22(21)24-23(25)20-15-13-19(14-16-20)18-9-5-4-6-10-18/h4-17H,3H2,1-2H3,(H,24,25)/t17-/m1/s1. The van der Waals surface area contributed by atoms with Gasteiger partial charge in [-0.1, -0.05) is 74.5 Å². The first-order chi connectivity index (χ1) is 12.2. The van der Waals surface area contributed by atoms with E-state index in [0.29, 0.717) is 11.5 Å². The van der Waals surface area contributed by atoms with Gasteiger partial charge in [0.05, 0.1) is 0 Å². The number of carbonyl (C=O) groups is 1. The second kappa shape index (κ2) is 7.80. The fourth-order valence-electron chi connectivity index (χ4n) is 2.90. The minimum atomic E-state index is -0.0737. The Morgan fingerprint density at radius 3 is 2.12 bits per heavy atom. The van der Waals surface area contributed by atoms with Crippen molar-refractivity contribution in [2.45, 2.75) is 26.2 Å². The number of anilines is 1. The van der Waals surface area contributed by atoms with Crippen molar-refractivity contribution in [2.24, 2.45) is 0 Å². The van der Waals surface area contributed by atoms with Crippen LogP contribution in [0.4, 0.5) is 5.69 Å². The van der Waals surface area contributed by atoms with Crippen LogP contribution < -0.4 is 5.32 Å². The number of hydrogen-bond donors (Lipinski definition) is 1. The molecule has 3 aromatic rings. The summed E-state index contributed by atoms with van der Waals surface area (Å²) in [6.07, 6.45) is 1.04. The smallest absolute Gasteiger partial charge is 0.255 e. The van der Waals surface area contributed by atoms with Gasteiger partial charge in [-0.05, 0) is 47.2 Å². The van der Waals surface area contributed by atoms with Gasteiger partial charge in [0, 0.05) is 11.3 Å². The maximum Gasteiger partial charge on any atom is 0.255 e. The molecule has 1 amide bonds. The largest absolute Gasteiger partial charge is 0.322 e. The quantitative estimate of drug-likeness (QED) is 0.600. The molecule has 3 rings (SSSR count). The Morgan fingerprint density at radius 1 is 0.840 bits per heavy atom. The Labute approximate surface area is 149 Å². The third kappa shape index (κ3) is 3.97. The molecule has 0 saturated heterocycles. The number of nitrogens with one attached hydrogen (secondary N) is 1. The zero-order valence-corrected chi connectivity index (χ0v) is 14.7. The fourth-order valence-corrected chi connectivity index (χ4v) is 2.90. The molecule has 25 heavy (non-hydrogen) atoms. The predicted molar refractivity (Wildman–Crippen MR) is 105 cm³/mol. The van der Waals surface area contributed by atoms with E-state index in [1.807, 2.05) is 60.7 Å². The predicted octanol–water partition coefficient (Wildman–Crippen LogP) is 6.12. The number of benzene rings is 3. The van der Waals surface area contributed by atoms with Gasteiger partial charge in [0.2, 0.25) is 0 Å². The molecule has 126 valence electrons. The van der Waals surface area contributed by atoms with E-state index in [0.717, 1.165) is 23.2 Å². The first kappa shape index (κ1) is 17.0. The summed E-state index contributed by atoms with van der Waals surface area (Å²) in [5.41, 5.74) is 5.00. The van der Waals surface area contributed by atoms with Crippen molar-refractivity contribution >= 4 is 11.6 Å². The van der Waals surface area contributed by atoms with E-state index in [1.165, 1.54) is 5.56 Å². The van der Waals surface area contributed by atoms with E-state index in [1.54, 1.807) is 0 Å². The van der Waals surface area contributed by atoms with Crippen molar-refractivity contribution in [2.75, 3.05) is 5.32 Å². The number of rotatable bonds is 5. The molecule has 2 heteroatoms. The van der Waals surface area contributed by atoms with E-state index < -0.39 is 0 Å². The molecule has 0 aromatic heterocycles. The van der Waals surface area contributed by atoms with Crippen LogP contribution in [0.25, 0.3) is 11.1 Å². The van der Waals surface area contributed by atoms with Crippen LogP contribution in [0, 0.1) is 0 Å². The van der Waals surface area contributed by atoms with E-state index in [-0.39, 0.29) is 5.91 Å². The fraction of sp³-hybridized carbons (Fsp3) is 0.174. The molecule has 1 atom stereocenters. The molecule has 0 aliphatic rings. The summed E-state index contributed by atoms with van der Waals surface area (Å²) in [5.74, 6) is 0.340. The molecule has 1 N–H and O–H groups in total. The molecule has 0 fully saturated rings. The molecule has 0 spiro atoms. The minimum absolute atomic E-state index is 0.0737. The van der Waals surface area contributed by atoms with E-state index >= 15 is 0 Å². The molecule has 0 heterocycles. The summed E-state index contributed by atoms with van der Waals surface area (Å²) < 4.78 is 0. The molecule has 2 nitrogen and oxygen atoms in total. The Balaban J connectivity index is 1.78. The van der Waals surface area contributed by atoms with Crippen LogP contribution in [0.3, 0.4) is 0 Å². The van der Waals surface area contributed by atoms with E-state index in [2.05, 4.69) is 37.4 Å². The average molecular weight is 329 g/mol. The van der Waals surface area contributed by atoms with Crippen molar-refractivity contribution < 1.29 is 4.79 Å². The summed E-state index contributed by atoms with van der Waals surface area (Å²) in [6, 6.07) is 25.9. The van der Waals surface area contributed by atoms with E-state index in [4.69, 9.17) is 0 Å². The molecule has 0 bridgehead atoms. The molecule has 0 aliphatic carbocycles. The second-order valence-electron chi connectivity index (χ2n) is 6.29. The van der Waals surface area contributed by atoms with Gasteiger partial charge in [-0.2, -0.15) is 0 Å². The minimum Gasteiger partial charge on any atom is -0.322 e. The maximum absolute atomic E-state index is 12.6. The van der Waals surface area contributed by atoms with Crippen LogP contribution in [0.1, 0.15) is 42.1 Å². The molecular formula is C23H23NO.